The number of aryl methyl sites for hydroxylation is 1. The van der Waals surface area contributed by atoms with Crippen LogP contribution >= 0.6 is 23.1 Å². The quantitative estimate of drug-likeness (QED) is 0.369. The normalized spacial score (nSPS) is 11.0. The van der Waals surface area contributed by atoms with Gasteiger partial charge in [-0.15, -0.1) is 11.3 Å². The highest BCUT2D eigenvalue weighted by atomic mass is 32.2. The van der Waals surface area contributed by atoms with E-state index < -0.39 is 0 Å². The third-order valence-corrected chi connectivity index (χ3v) is 5.62. The van der Waals surface area contributed by atoms with Crippen molar-refractivity contribution in [2.75, 3.05) is 26.0 Å². The van der Waals surface area contributed by atoms with Crippen LogP contribution in [0.3, 0.4) is 0 Å². The van der Waals surface area contributed by atoms with Crippen LogP contribution < -0.4 is 10.9 Å². The van der Waals surface area contributed by atoms with Gasteiger partial charge in [-0.2, -0.15) is 0 Å². The fraction of sp³-hybridized carbons (Fsp3) is 0.278. The number of rotatable bonds is 7. The molecule has 0 unspecified atom stereocenters. The summed E-state index contributed by atoms with van der Waals surface area (Å²) in [5.74, 6) is 0.0655. The summed E-state index contributed by atoms with van der Waals surface area (Å²) in [5, 5.41) is 3.79. The van der Waals surface area contributed by atoms with Gasteiger partial charge in [0, 0.05) is 24.1 Å². The van der Waals surface area contributed by atoms with Gasteiger partial charge in [-0.3, -0.25) is 9.59 Å². The highest BCUT2D eigenvalue weighted by Crippen LogP contribution is 2.35. The van der Waals surface area contributed by atoms with Crippen LogP contribution in [0.25, 0.3) is 21.3 Å². The molecular weight excluding hydrogens is 370 g/mol. The number of H-pyrrole nitrogens is 1. The van der Waals surface area contributed by atoms with E-state index in [0.29, 0.717) is 28.5 Å². The third kappa shape index (κ3) is 4.14. The van der Waals surface area contributed by atoms with Crippen LogP contribution in [-0.2, 0) is 9.53 Å². The van der Waals surface area contributed by atoms with Crippen LogP contribution in [0.4, 0.5) is 0 Å². The van der Waals surface area contributed by atoms with Crippen LogP contribution in [-0.4, -0.2) is 41.9 Å². The van der Waals surface area contributed by atoms with E-state index in [1.54, 1.807) is 7.11 Å². The molecule has 0 radical (unpaired) electrons. The predicted octanol–water partition coefficient (Wildman–Crippen LogP) is 2.81. The first kappa shape index (κ1) is 18.6. The van der Waals surface area contributed by atoms with Gasteiger partial charge in [0.25, 0.3) is 5.56 Å². The van der Waals surface area contributed by atoms with Gasteiger partial charge in [0.05, 0.1) is 17.7 Å². The van der Waals surface area contributed by atoms with E-state index in [0.717, 1.165) is 16.0 Å². The maximum atomic E-state index is 12.6. The van der Waals surface area contributed by atoms with Gasteiger partial charge in [0.15, 0.2) is 5.16 Å². The molecule has 1 amide bonds. The van der Waals surface area contributed by atoms with E-state index in [1.807, 2.05) is 37.3 Å². The first-order valence-corrected chi connectivity index (χ1v) is 9.87. The van der Waals surface area contributed by atoms with Crippen molar-refractivity contribution in [3.63, 3.8) is 0 Å². The average molecular weight is 390 g/mol. The molecule has 8 heteroatoms. The molecule has 1 aromatic carbocycles. The van der Waals surface area contributed by atoms with Crippen LogP contribution in [0.15, 0.2) is 40.3 Å². The second kappa shape index (κ2) is 8.48. The number of hydrogen-bond donors (Lipinski definition) is 2. The van der Waals surface area contributed by atoms with Gasteiger partial charge in [-0.05, 0) is 12.5 Å². The molecule has 0 fully saturated rings. The lowest BCUT2D eigenvalue weighted by Crippen LogP contribution is -2.28. The lowest BCUT2D eigenvalue weighted by atomic mass is 10.0. The molecule has 2 aromatic heterocycles. The minimum Gasteiger partial charge on any atom is -0.383 e. The van der Waals surface area contributed by atoms with Crippen molar-refractivity contribution in [3.8, 4) is 11.1 Å². The SMILES string of the molecule is COCCNC(=O)CSc1nc2sc(C)c(-c3ccccc3)c2c(=O)[nH]1. The summed E-state index contributed by atoms with van der Waals surface area (Å²) in [4.78, 5) is 33.5. The van der Waals surface area contributed by atoms with Crippen molar-refractivity contribution in [1.82, 2.24) is 15.3 Å². The first-order valence-electron chi connectivity index (χ1n) is 8.07. The van der Waals surface area contributed by atoms with E-state index in [9.17, 15) is 9.59 Å². The molecule has 3 aromatic rings. The summed E-state index contributed by atoms with van der Waals surface area (Å²) < 4.78 is 4.89. The number of aromatic nitrogens is 2. The third-order valence-electron chi connectivity index (χ3n) is 3.75. The Morgan fingerprint density at radius 2 is 2.12 bits per heavy atom. The zero-order valence-electron chi connectivity index (χ0n) is 14.5. The molecule has 0 aliphatic rings. The number of nitrogens with zero attached hydrogens (tertiary/aromatic N) is 1. The maximum absolute atomic E-state index is 12.6. The molecule has 136 valence electrons. The van der Waals surface area contributed by atoms with Crippen LogP contribution in [0, 0.1) is 6.92 Å². The molecule has 0 saturated carbocycles. The molecular formula is C18H19N3O3S2. The van der Waals surface area contributed by atoms with Gasteiger partial charge in [0.2, 0.25) is 5.91 Å². The number of methoxy groups -OCH3 is 1. The molecule has 0 atom stereocenters. The van der Waals surface area contributed by atoms with Crippen molar-refractivity contribution in [2.45, 2.75) is 12.1 Å². The summed E-state index contributed by atoms with van der Waals surface area (Å²) in [6.07, 6.45) is 0. The first-order chi connectivity index (χ1) is 12.6. The number of benzene rings is 1. The molecule has 26 heavy (non-hydrogen) atoms. The summed E-state index contributed by atoms with van der Waals surface area (Å²) >= 11 is 2.71. The fourth-order valence-corrected chi connectivity index (χ4v) is 4.39. The number of aromatic amines is 1. The van der Waals surface area contributed by atoms with Gasteiger partial charge >= 0.3 is 0 Å². The maximum Gasteiger partial charge on any atom is 0.260 e. The molecule has 0 aliphatic carbocycles. The Morgan fingerprint density at radius 3 is 2.85 bits per heavy atom. The van der Waals surface area contributed by atoms with Gasteiger partial charge in [-0.1, -0.05) is 42.1 Å². The van der Waals surface area contributed by atoms with Crippen molar-refractivity contribution >= 4 is 39.2 Å². The Hall–Kier alpha value is -2.16. The Kier molecular flexibility index (Phi) is 6.08. The number of carbonyl (C=O) groups is 1. The number of thiophene rings is 1. The van der Waals surface area contributed by atoms with E-state index in [1.165, 1.54) is 23.1 Å². The van der Waals surface area contributed by atoms with E-state index in [4.69, 9.17) is 4.74 Å². The second-order valence-electron chi connectivity index (χ2n) is 5.58. The molecule has 2 heterocycles. The van der Waals surface area contributed by atoms with E-state index >= 15 is 0 Å². The minimum absolute atomic E-state index is 0.123. The molecule has 0 spiro atoms. The lowest BCUT2D eigenvalue weighted by Gasteiger charge is -2.04. The number of amides is 1. The van der Waals surface area contributed by atoms with Crippen LogP contribution in [0.1, 0.15) is 4.88 Å². The van der Waals surface area contributed by atoms with Crippen molar-refractivity contribution in [1.29, 1.82) is 0 Å². The molecule has 0 bridgehead atoms. The van der Waals surface area contributed by atoms with E-state index in [2.05, 4.69) is 15.3 Å². The van der Waals surface area contributed by atoms with Gasteiger partial charge in [-0.25, -0.2) is 4.98 Å². The number of fused-ring (bicyclic) bond motifs is 1. The van der Waals surface area contributed by atoms with Crippen LogP contribution in [0.2, 0.25) is 0 Å². The summed E-state index contributed by atoms with van der Waals surface area (Å²) in [5.41, 5.74) is 1.75. The molecule has 0 aliphatic heterocycles. The zero-order valence-corrected chi connectivity index (χ0v) is 16.1. The Morgan fingerprint density at radius 1 is 1.35 bits per heavy atom. The Balaban J connectivity index is 1.84. The smallest absolute Gasteiger partial charge is 0.260 e. The number of carbonyl (C=O) groups excluding carboxylic acids is 1. The fourth-order valence-electron chi connectivity index (χ4n) is 2.60. The Labute approximate surface area is 159 Å². The highest BCUT2D eigenvalue weighted by Gasteiger charge is 2.17. The van der Waals surface area contributed by atoms with Crippen molar-refractivity contribution in [2.24, 2.45) is 0 Å². The number of thioether (sulfide) groups is 1. The summed E-state index contributed by atoms with van der Waals surface area (Å²) in [7, 11) is 1.58. The standard InChI is InChI=1S/C18H19N3O3S2/c1-11-14(12-6-4-3-5-7-12)15-16(23)20-18(21-17(15)26-11)25-10-13(22)19-8-9-24-2/h3-7H,8-10H2,1-2H3,(H,19,22)(H,20,21,23). The highest BCUT2D eigenvalue weighted by molar-refractivity contribution is 7.99. The van der Waals surface area contributed by atoms with Gasteiger partial charge < -0.3 is 15.0 Å². The second-order valence-corrected chi connectivity index (χ2v) is 7.75. The lowest BCUT2D eigenvalue weighted by molar-refractivity contribution is -0.118. The number of nitrogens with one attached hydrogen (secondary N) is 2. The van der Waals surface area contributed by atoms with E-state index in [-0.39, 0.29) is 17.2 Å². The van der Waals surface area contributed by atoms with Crippen molar-refractivity contribution in [3.05, 3.63) is 45.6 Å². The minimum atomic E-state index is -0.180. The number of ether oxygens (including phenoxy) is 1. The van der Waals surface area contributed by atoms with Gasteiger partial charge in [0.1, 0.15) is 4.83 Å². The summed E-state index contributed by atoms with van der Waals surface area (Å²) in [6.45, 7) is 2.92. The summed E-state index contributed by atoms with van der Waals surface area (Å²) in [6, 6.07) is 9.82. The van der Waals surface area contributed by atoms with Crippen LogP contribution in [0.5, 0.6) is 0 Å². The largest absolute Gasteiger partial charge is 0.383 e. The monoisotopic (exact) mass is 389 g/mol. The number of hydrogen-bond acceptors (Lipinski definition) is 6. The Bertz CT molecular complexity index is 967. The average Bonchev–Trinajstić information content (AvgIpc) is 2.97. The molecule has 2 N–H and O–H groups in total. The van der Waals surface area contributed by atoms with Crippen molar-refractivity contribution < 1.29 is 9.53 Å². The molecule has 6 nitrogen and oxygen atoms in total. The molecule has 0 saturated heterocycles. The zero-order chi connectivity index (χ0) is 18.5. The topological polar surface area (TPSA) is 84.1 Å². The predicted molar refractivity (Wildman–Crippen MR) is 106 cm³/mol. The molecule has 3 rings (SSSR count).